The Morgan fingerprint density at radius 2 is 1.72 bits per heavy atom. The van der Waals surface area contributed by atoms with E-state index in [-0.39, 0.29) is 18.2 Å². The topological polar surface area (TPSA) is 83.1 Å². The van der Waals surface area contributed by atoms with Crippen molar-refractivity contribution in [3.8, 4) is 0 Å². The van der Waals surface area contributed by atoms with Crippen LogP contribution in [0.2, 0.25) is 0 Å². The summed E-state index contributed by atoms with van der Waals surface area (Å²) in [7, 11) is 0. The summed E-state index contributed by atoms with van der Waals surface area (Å²) in [5, 5.41) is 6.02. The minimum Gasteiger partial charge on any atom is -0.444 e. The van der Waals surface area contributed by atoms with Crippen molar-refractivity contribution in [1.29, 1.82) is 0 Å². The molecule has 3 amide bonds. The summed E-state index contributed by atoms with van der Waals surface area (Å²) in [4.78, 5) is 28.6. The standard InChI is InChI=1S/C21H32N4O4/c1-21(2,3)29-20(27)25-10-8-16(9-11-25)22-19(26)23-17-6-4-5-7-18(17)24-12-14-28-15-13-24/h4-7,16H,8-15H2,1-3H3,(H2,22,23,26). The maximum Gasteiger partial charge on any atom is 0.410 e. The molecule has 0 saturated carbocycles. The van der Waals surface area contributed by atoms with E-state index in [1.54, 1.807) is 4.90 Å². The molecule has 2 heterocycles. The number of carbonyl (C=O) groups is 2. The Bertz CT molecular complexity index is 705. The average Bonchev–Trinajstić information content (AvgIpc) is 2.68. The summed E-state index contributed by atoms with van der Waals surface area (Å²) in [5.41, 5.74) is 1.30. The Labute approximate surface area is 172 Å². The summed E-state index contributed by atoms with van der Waals surface area (Å²) < 4.78 is 10.8. The normalized spacial score (nSPS) is 18.3. The molecule has 2 aliphatic heterocycles. The number of amides is 3. The van der Waals surface area contributed by atoms with Gasteiger partial charge in [-0.1, -0.05) is 12.1 Å². The second-order valence-electron chi connectivity index (χ2n) is 8.46. The SMILES string of the molecule is CC(C)(C)OC(=O)N1CCC(NC(=O)Nc2ccccc2N2CCOCC2)CC1. The first-order chi connectivity index (χ1) is 13.8. The molecule has 2 saturated heterocycles. The van der Waals surface area contributed by atoms with Gasteiger partial charge in [0.1, 0.15) is 5.60 Å². The Hall–Kier alpha value is -2.48. The summed E-state index contributed by atoms with van der Waals surface area (Å²) in [6, 6.07) is 7.63. The van der Waals surface area contributed by atoms with Gasteiger partial charge in [-0.2, -0.15) is 0 Å². The predicted molar refractivity (Wildman–Crippen MR) is 112 cm³/mol. The number of urea groups is 1. The van der Waals surface area contributed by atoms with Gasteiger partial charge in [-0.15, -0.1) is 0 Å². The number of morpholine rings is 1. The fourth-order valence-corrected chi connectivity index (χ4v) is 3.54. The van der Waals surface area contributed by atoms with Crippen LogP contribution in [0.3, 0.4) is 0 Å². The minimum absolute atomic E-state index is 0.0317. The second-order valence-corrected chi connectivity index (χ2v) is 8.46. The summed E-state index contributed by atoms with van der Waals surface area (Å²) in [6.45, 7) is 9.73. The second kappa shape index (κ2) is 9.35. The van der Waals surface area contributed by atoms with Crippen molar-refractivity contribution < 1.29 is 19.1 Å². The highest BCUT2D eigenvalue weighted by molar-refractivity contribution is 5.93. The molecule has 160 valence electrons. The molecule has 0 unspecified atom stereocenters. The maximum absolute atomic E-state index is 12.5. The predicted octanol–water partition coefficient (Wildman–Crippen LogP) is 3.04. The molecule has 0 aromatic heterocycles. The smallest absolute Gasteiger partial charge is 0.410 e. The molecular weight excluding hydrogens is 372 g/mol. The van der Waals surface area contributed by atoms with Gasteiger partial charge in [-0.25, -0.2) is 9.59 Å². The first kappa shape index (κ1) is 21.2. The third kappa shape index (κ3) is 6.25. The molecule has 0 aliphatic carbocycles. The van der Waals surface area contributed by atoms with E-state index in [0.717, 1.165) is 24.5 Å². The van der Waals surface area contributed by atoms with E-state index < -0.39 is 5.60 Å². The Morgan fingerprint density at radius 3 is 2.38 bits per heavy atom. The quantitative estimate of drug-likeness (QED) is 0.809. The molecule has 2 N–H and O–H groups in total. The largest absolute Gasteiger partial charge is 0.444 e. The van der Waals surface area contributed by atoms with Crippen molar-refractivity contribution in [2.75, 3.05) is 49.6 Å². The van der Waals surface area contributed by atoms with E-state index in [4.69, 9.17) is 9.47 Å². The van der Waals surface area contributed by atoms with E-state index in [1.807, 2.05) is 45.0 Å². The number of nitrogens with zero attached hydrogens (tertiary/aromatic N) is 2. The fourth-order valence-electron chi connectivity index (χ4n) is 3.54. The first-order valence-electron chi connectivity index (χ1n) is 10.3. The fraction of sp³-hybridized carbons (Fsp3) is 0.619. The lowest BCUT2D eigenvalue weighted by atomic mass is 10.1. The molecular formula is C21H32N4O4. The molecule has 0 spiro atoms. The minimum atomic E-state index is -0.500. The Balaban J connectivity index is 1.49. The number of piperidine rings is 1. The number of hydrogen-bond donors (Lipinski definition) is 2. The summed E-state index contributed by atoms with van der Waals surface area (Å²) in [6.07, 6.45) is 1.12. The van der Waals surface area contributed by atoms with Crippen molar-refractivity contribution in [1.82, 2.24) is 10.2 Å². The van der Waals surface area contributed by atoms with E-state index >= 15 is 0 Å². The lowest BCUT2D eigenvalue weighted by Crippen LogP contribution is -2.48. The molecule has 8 nitrogen and oxygen atoms in total. The van der Waals surface area contributed by atoms with Gasteiger partial charge >= 0.3 is 12.1 Å². The van der Waals surface area contributed by atoms with Gasteiger partial charge in [-0.05, 0) is 45.7 Å². The molecule has 2 fully saturated rings. The van der Waals surface area contributed by atoms with Crippen LogP contribution in [0.25, 0.3) is 0 Å². The lowest BCUT2D eigenvalue weighted by Gasteiger charge is -2.34. The maximum atomic E-state index is 12.5. The zero-order valence-electron chi connectivity index (χ0n) is 17.6. The highest BCUT2D eigenvalue weighted by Crippen LogP contribution is 2.26. The van der Waals surface area contributed by atoms with Gasteiger partial charge < -0.3 is 29.9 Å². The highest BCUT2D eigenvalue weighted by atomic mass is 16.6. The van der Waals surface area contributed by atoms with Crippen LogP contribution in [0.4, 0.5) is 21.0 Å². The number of likely N-dealkylation sites (tertiary alicyclic amines) is 1. The number of carbonyl (C=O) groups excluding carboxylic acids is 2. The number of para-hydroxylation sites is 2. The summed E-state index contributed by atoms with van der Waals surface area (Å²) in [5.74, 6) is 0. The number of rotatable bonds is 3. The van der Waals surface area contributed by atoms with Gasteiger partial charge in [0, 0.05) is 32.2 Å². The van der Waals surface area contributed by atoms with Crippen LogP contribution in [0, 0.1) is 0 Å². The third-order valence-corrected chi connectivity index (χ3v) is 4.99. The van der Waals surface area contributed by atoms with Crippen LogP contribution in [0.5, 0.6) is 0 Å². The van der Waals surface area contributed by atoms with Crippen molar-refractivity contribution in [2.24, 2.45) is 0 Å². The van der Waals surface area contributed by atoms with E-state index in [0.29, 0.717) is 39.1 Å². The van der Waals surface area contributed by atoms with Crippen LogP contribution in [-0.2, 0) is 9.47 Å². The van der Waals surface area contributed by atoms with Gasteiger partial charge in [0.25, 0.3) is 0 Å². The van der Waals surface area contributed by atoms with Crippen molar-refractivity contribution in [2.45, 2.75) is 45.3 Å². The molecule has 8 heteroatoms. The Morgan fingerprint density at radius 1 is 1.07 bits per heavy atom. The van der Waals surface area contributed by atoms with Crippen LogP contribution >= 0.6 is 0 Å². The monoisotopic (exact) mass is 404 g/mol. The molecule has 2 aliphatic rings. The molecule has 3 rings (SSSR count). The number of benzene rings is 1. The Kier molecular flexibility index (Phi) is 6.84. The molecule has 1 aromatic carbocycles. The first-order valence-corrected chi connectivity index (χ1v) is 10.3. The van der Waals surface area contributed by atoms with Crippen LogP contribution in [0.1, 0.15) is 33.6 Å². The van der Waals surface area contributed by atoms with E-state index in [2.05, 4.69) is 15.5 Å². The number of anilines is 2. The highest BCUT2D eigenvalue weighted by Gasteiger charge is 2.27. The number of hydrogen-bond acceptors (Lipinski definition) is 5. The van der Waals surface area contributed by atoms with Crippen LogP contribution < -0.4 is 15.5 Å². The van der Waals surface area contributed by atoms with E-state index in [1.165, 1.54) is 0 Å². The molecule has 1 aromatic rings. The molecule has 29 heavy (non-hydrogen) atoms. The number of nitrogens with one attached hydrogen (secondary N) is 2. The number of ether oxygens (including phenoxy) is 2. The molecule has 0 bridgehead atoms. The van der Waals surface area contributed by atoms with Crippen molar-refractivity contribution in [3.05, 3.63) is 24.3 Å². The van der Waals surface area contributed by atoms with Gasteiger partial charge in [0.05, 0.1) is 24.6 Å². The molecule has 0 radical (unpaired) electrons. The van der Waals surface area contributed by atoms with E-state index in [9.17, 15) is 9.59 Å². The van der Waals surface area contributed by atoms with Crippen LogP contribution in [0.15, 0.2) is 24.3 Å². The van der Waals surface area contributed by atoms with Crippen LogP contribution in [-0.4, -0.2) is 68.1 Å². The van der Waals surface area contributed by atoms with Gasteiger partial charge in [0.2, 0.25) is 0 Å². The third-order valence-electron chi connectivity index (χ3n) is 4.99. The van der Waals surface area contributed by atoms with Crippen molar-refractivity contribution >= 4 is 23.5 Å². The zero-order chi connectivity index (χ0) is 20.9. The zero-order valence-corrected chi connectivity index (χ0v) is 17.6. The summed E-state index contributed by atoms with van der Waals surface area (Å²) >= 11 is 0. The van der Waals surface area contributed by atoms with Gasteiger partial charge in [0.15, 0.2) is 0 Å². The van der Waals surface area contributed by atoms with Crippen molar-refractivity contribution in [3.63, 3.8) is 0 Å². The average molecular weight is 405 g/mol. The molecule has 0 atom stereocenters. The van der Waals surface area contributed by atoms with Gasteiger partial charge in [-0.3, -0.25) is 0 Å². The lowest BCUT2D eigenvalue weighted by molar-refractivity contribution is 0.0202.